The van der Waals surface area contributed by atoms with Crippen molar-refractivity contribution in [1.82, 2.24) is 15.0 Å². The Kier molecular flexibility index (Phi) is 4.81. The lowest BCUT2D eigenvalue weighted by Gasteiger charge is -2.34. The Morgan fingerprint density at radius 1 is 0.958 bits per heavy atom. The highest BCUT2D eigenvalue weighted by atomic mass is 35.5. The monoisotopic (exact) mass is 365 g/mol. The van der Waals surface area contributed by atoms with Gasteiger partial charge in [-0.05, 0) is 30.5 Å². The molecule has 1 aliphatic heterocycles. The molecule has 2 fully saturated rings. The molecule has 2 heterocycles. The van der Waals surface area contributed by atoms with E-state index in [0.717, 1.165) is 50.7 Å². The van der Waals surface area contributed by atoms with E-state index < -0.39 is 0 Å². The summed E-state index contributed by atoms with van der Waals surface area (Å²) in [4.78, 5) is 4.90. The normalized spacial score (nSPS) is 19.8. The molecule has 6 heteroatoms. The standard InChI is InChI=1S/C18H21Cl2N3O/c19-16-4-1-13(9-17(16)20)11-22-5-7-23(8-6-22)12-15-10-18(24-21-15)14-2-3-14/h1,4,9-10,14H,2-3,5-8,11-12H2. The molecule has 0 amide bonds. The first-order valence-corrected chi connectivity index (χ1v) is 9.27. The predicted octanol–water partition coefficient (Wildman–Crippen LogP) is 4.18. The maximum Gasteiger partial charge on any atom is 0.140 e. The number of hydrogen-bond donors (Lipinski definition) is 0. The molecule has 0 atom stereocenters. The van der Waals surface area contributed by atoms with E-state index in [2.05, 4.69) is 27.1 Å². The molecule has 1 aromatic heterocycles. The second-order valence-electron chi connectivity index (χ2n) is 6.80. The van der Waals surface area contributed by atoms with Gasteiger partial charge in [-0.25, -0.2) is 0 Å². The van der Waals surface area contributed by atoms with Crippen LogP contribution in [0.5, 0.6) is 0 Å². The molecule has 0 unspecified atom stereocenters. The van der Waals surface area contributed by atoms with E-state index in [1.54, 1.807) is 0 Å². The van der Waals surface area contributed by atoms with Crippen molar-refractivity contribution in [3.8, 4) is 0 Å². The predicted molar refractivity (Wildman–Crippen MR) is 95.5 cm³/mol. The maximum atomic E-state index is 6.10. The number of benzene rings is 1. The van der Waals surface area contributed by atoms with Crippen LogP contribution in [-0.2, 0) is 13.1 Å². The van der Waals surface area contributed by atoms with Crippen molar-refractivity contribution >= 4 is 23.2 Å². The minimum absolute atomic E-state index is 0.614. The molecular weight excluding hydrogens is 345 g/mol. The molecule has 0 bridgehead atoms. The van der Waals surface area contributed by atoms with Gasteiger partial charge in [0.05, 0.1) is 15.7 Å². The van der Waals surface area contributed by atoms with Crippen LogP contribution in [0, 0.1) is 0 Å². The first-order valence-electron chi connectivity index (χ1n) is 8.51. The van der Waals surface area contributed by atoms with Crippen molar-refractivity contribution in [3.05, 3.63) is 51.3 Å². The van der Waals surface area contributed by atoms with Gasteiger partial charge in [-0.1, -0.05) is 34.4 Å². The lowest BCUT2D eigenvalue weighted by atomic mass is 10.2. The van der Waals surface area contributed by atoms with Crippen molar-refractivity contribution in [1.29, 1.82) is 0 Å². The van der Waals surface area contributed by atoms with Crippen LogP contribution in [0.15, 0.2) is 28.8 Å². The number of aromatic nitrogens is 1. The Balaban J connectivity index is 1.27. The number of nitrogens with zero attached hydrogens (tertiary/aromatic N) is 3. The van der Waals surface area contributed by atoms with Gasteiger partial charge in [0.1, 0.15) is 5.76 Å². The quantitative estimate of drug-likeness (QED) is 0.795. The summed E-state index contributed by atoms with van der Waals surface area (Å²) in [7, 11) is 0. The second kappa shape index (κ2) is 7.04. The zero-order valence-corrected chi connectivity index (χ0v) is 15.1. The lowest BCUT2D eigenvalue weighted by molar-refractivity contribution is 0.120. The molecule has 4 rings (SSSR count). The number of rotatable bonds is 5. The van der Waals surface area contributed by atoms with Crippen LogP contribution in [0.2, 0.25) is 10.0 Å². The van der Waals surface area contributed by atoms with Crippen LogP contribution in [0.3, 0.4) is 0 Å². The van der Waals surface area contributed by atoms with Crippen molar-refractivity contribution in [2.75, 3.05) is 26.2 Å². The van der Waals surface area contributed by atoms with Gasteiger partial charge in [0.15, 0.2) is 0 Å². The molecule has 0 radical (unpaired) electrons. The van der Waals surface area contributed by atoms with Gasteiger partial charge in [-0.3, -0.25) is 9.80 Å². The molecule has 0 spiro atoms. The van der Waals surface area contributed by atoms with Gasteiger partial charge in [0.2, 0.25) is 0 Å². The first kappa shape index (κ1) is 16.4. The Bertz CT molecular complexity index is 706. The van der Waals surface area contributed by atoms with E-state index in [1.807, 2.05) is 12.1 Å². The van der Waals surface area contributed by atoms with Crippen molar-refractivity contribution in [2.24, 2.45) is 0 Å². The van der Waals surface area contributed by atoms with E-state index in [9.17, 15) is 0 Å². The van der Waals surface area contributed by atoms with Gasteiger partial charge < -0.3 is 4.52 Å². The van der Waals surface area contributed by atoms with Crippen LogP contribution >= 0.6 is 23.2 Å². The van der Waals surface area contributed by atoms with Crippen molar-refractivity contribution in [2.45, 2.75) is 31.8 Å². The average molecular weight is 366 g/mol. The first-order chi connectivity index (χ1) is 11.7. The highest BCUT2D eigenvalue weighted by Gasteiger charge is 2.28. The zero-order chi connectivity index (χ0) is 16.5. The Morgan fingerprint density at radius 2 is 1.67 bits per heavy atom. The van der Waals surface area contributed by atoms with E-state index in [1.165, 1.54) is 18.4 Å². The molecule has 1 aromatic carbocycles. The topological polar surface area (TPSA) is 32.5 Å². The highest BCUT2D eigenvalue weighted by molar-refractivity contribution is 6.42. The summed E-state index contributed by atoms with van der Waals surface area (Å²) in [6, 6.07) is 8.03. The molecule has 24 heavy (non-hydrogen) atoms. The third kappa shape index (κ3) is 3.94. The molecule has 1 saturated heterocycles. The Hall–Kier alpha value is -1.07. The minimum atomic E-state index is 0.614. The van der Waals surface area contributed by atoms with Gasteiger partial charge in [0.25, 0.3) is 0 Å². The summed E-state index contributed by atoms with van der Waals surface area (Å²) in [5.74, 6) is 1.71. The highest BCUT2D eigenvalue weighted by Crippen LogP contribution is 2.40. The third-order valence-electron chi connectivity index (χ3n) is 4.80. The molecule has 4 nitrogen and oxygen atoms in total. The summed E-state index contributed by atoms with van der Waals surface area (Å²) < 4.78 is 5.44. The molecule has 2 aliphatic rings. The van der Waals surface area contributed by atoms with E-state index >= 15 is 0 Å². The van der Waals surface area contributed by atoms with Crippen LogP contribution in [0.25, 0.3) is 0 Å². The Labute approximate surface area is 152 Å². The molecular formula is C18H21Cl2N3O. The molecule has 1 saturated carbocycles. The third-order valence-corrected chi connectivity index (χ3v) is 5.54. The lowest BCUT2D eigenvalue weighted by Crippen LogP contribution is -2.45. The second-order valence-corrected chi connectivity index (χ2v) is 7.61. The molecule has 2 aromatic rings. The molecule has 128 valence electrons. The molecule has 0 N–H and O–H groups in total. The van der Waals surface area contributed by atoms with E-state index in [0.29, 0.717) is 16.0 Å². The summed E-state index contributed by atoms with van der Waals surface area (Å²) in [6.45, 7) is 6.00. The van der Waals surface area contributed by atoms with Gasteiger partial charge in [-0.2, -0.15) is 0 Å². The summed E-state index contributed by atoms with van der Waals surface area (Å²) in [5, 5.41) is 5.46. The van der Waals surface area contributed by atoms with E-state index in [-0.39, 0.29) is 0 Å². The number of hydrogen-bond acceptors (Lipinski definition) is 4. The maximum absolute atomic E-state index is 6.10. The van der Waals surface area contributed by atoms with Gasteiger partial charge in [0, 0.05) is 51.3 Å². The fourth-order valence-corrected chi connectivity index (χ4v) is 3.51. The smallest absolute Gasteiger partial charge is 0.140 e. The SMILES string of the molecule is Clc1ccc(CN2CCN(Cc3cc(C4CC4)on3)CC2)cc1Cl. The van der Waals surface area contributed by atoms with Crippen molar-refractivity contribution in [3.63, 3.8) is 0 Å². The van der Waals surface area contributed by atoms with Crippen LogP contribution in [-0.4, -0.2) is 41.1 Å². The zero-order valence-electron chi connectivity index (χ0n) is 13.5. The van der Waals surface area contributed by atoms with E-state index in [4.69, 9.17) is 27.7 Å². The van der Waals surface area contributed by atoms with Gasteiger partial charge >= 0.3 is 0 Å². The fraction of sp³-hybridized carbons (Fsp3) is 0.500. The minimum Gasteiger partial charge on any atom is -0.361 e. The fourth-order valence-electron chi connectivity index (χ4n) is 3.19. The number of piperazine rings is 1. The van der Waals surface area contributed by atoms with Crippen LogP contribution in [0.1, 0.15) is 35.8 Å². The summed E-state index contributed by atoms with van der Waals surface area (Å²) in [6.07, 6.45) is 2.50. The van der Waals surface area contributed by atoms with Crippen molar-refractivity contribution < 1.29 is 4.52 Å². The van der Waals surface area contributed by atoms with Crippen LogP contribution in [0.4, 0.5) is 0 Å². The van der Waals surface area contributed by atoms with Gasteiger partial charge in [-0.15, -0.1) is 0 Å². The number of halogens is 2. The summed E-state index contributed by atoms with van der Waals surface area (Å²) in [5.41, 5.74) is 2.28. The largest absolute Gasteiger partial charge is 0.361 e. The average Bonchev–Trinajstić information content (AvgIpc) is 3.33. The summed E-state index contributed by atoms with van der Waals surface area (Å²) >= 11 is 12.1. The molecule has 1 aliphatic carbocycles. The van der Waals surface area contributed by atoms with Crippen LogP contribution < -0.4 is 0 Å². The Morgan fingerprint density at radius 3 is 2.33 bits per heavy atom.